The van der Waals surface area contributed by atoms with Crippen molar-refractivity contribution < 1.29 is 4.79 Å². The number of nitrogens with zero attached hydrogens (tertiary/aromatic N) is 1. The molecular formula is C17H30N2O. The largest absolute Gasteiger partial charge is 0.339 e. The second-order valence-electron chi connectivity index (χ2n) is 7.85. The Bertz CT molecular complexity index is 356. The smallest absolute Gasteiger partial charge is 0.226 e. The van der Waals surface area contributed by atoms with Crippen molar-refractivity contribution in [2.75, 3.05) is 19.6 Å². The molecule has 1 heterocycles. The topological polar surface area (TPSA) is 32.3 Å². The Morgan fingerprint density at radius 3 is 2.40 bits per heavy atom. The van der Waals surface area contributed by atoms with Gasteiger partial charge in [-0.1, -0.05) is 20.3 Å². The standard InChI is InChI=1S/C17H30N2O/c1-17(2)9-3-4-15(17)16(20)19(14-5-6-14)12-13-7-10-18-11-8-13/h13-15,18H,3-12H2,1-2H3. The van der Waals surface area contributed by atoms with Crippen LogP contribution in [-0.4, -0.2) is 36.5 Å². The molecule has 3 fully saturated rings. The van der Waals surface area contributed by atoms with Crippen molar-refractivity contribution in [3.05, 3.63) is 0 Å². The van der Waals surface area contributed by atoms with E-state index >= 15 is 0 Å². The van der Waals surface area contributed by atoms with Crippen LogP contribution in [0.5, 0.6) is 0 Å². The van der Waals surface area contributed by atoms with Crippen LogP contribution >= 0.6 is 0 Å². The van der Waals surface area contributed by atoms with Crippen LogP contribution in [0.4, 0.5) is 0 Å². The Morgan fingerprint density at radius 2 is 1.85 bits per heavy atom. The first-order valence-electron chi connectivity index (χ1n) is 8.59. The van der Waals surface area contributed by atoms with Crippen molar-refractivity contribution in [3.8, 4) is 0 Å². The van der Waals surface area contributed by atoms with Gasteiger partial charge in [-0.2, -0.15) is 0 Å². The Kier molecular flexibility index (Phi) is 4.07. The van der Waals surface area contributed by atoms with Crippen LogP contribution < -0.4 is 5.32 Å². The Balaban J connectivity index is 1.65. The summed E-state index contributed by atoms with van der Waals surface area (Å²) in [5.74, 6) is 1.49. The van der Waals surface area contributed by atoms with E-state index in [1.165, 1.54) is 38.5 Å². The fraction of sp³-hybridized carbons (Fsp3) is 0.941. The number of rotatable bonds is 4. The molecule has 2 aliphatic carbocycles. The molecule has 2 saturated carbocycles. The third-order valence-electron chi connectivity index (χ3n) is 5.74. The average Bonchev–Trinajstić information content (AvgIpc) is 3.20. The molecule has 3 aliphatic rings. The Labute approximate surface area is 123 Å². The van der Waals surface area contributed by atoms with E-state index in [1.807, 2.05) is 0 Å². The second-order valence-corrected chi connectivity index (χ2v) is 7.85. The van der Waals surface area contributed by atoms with Crippen molar-refractivity contribution in [1.82, 2.24) is 10.2 Å². The van der Waals surface area contributed by atoms with E-state index in [-0.39, 0.29) is 11.3 Å². The number of hydrogen-bond acceptors (Lipinski definition) is 2. The highest BCUT2D eigenvalue weighted by Crippen LogP contribution is 2.45. The molecule has 114 valence electrons. The minimum atomic E-state index is 0.221. The zero-order valence-corrected chi connectivity index (χ0v) is 13.2. The molecule has 3 heteroatoms. The first-order valence-corrected chi connectivity index (χ1v) is 8.59. The van der Waals surface area contributed by atoms with Crippen LogP contribution in [0, 0.1) is 17.3 Å². The van der Waals surface area contributed by atoms with Gasteiger partial charge in [0.15, 0.2) is 0 Å². The summed E-state index contributed by atoms with van der Waals surface area (Å²) >= 11 is 0. The molecule has 0 aromatic carbocycles. The van der Waals surface area contributed by atoms with Crippen molar-refractivity contribution in [2.45, 2.75) is 64.8 Å². The Morgan fingerprint density at radius 1 is 1.15 bits per heavy atom. The number of piperidine rings is 1. The van der Waals surface area contributed by atoms with Crippen LogP contribution in [0.3, 0.4) is 0 Å². The molecule has 1 saturated heterocycles. The van der Waals surface area contributed by atoms with E-state index in [0.717, 1.165) is 32.0 Å². The SMILES string of the molecule is CC1(C)CCCC1C(=O)N(CC1CCNCC1)C1CC1. The molecular weight excluding hydrogens is 248 g/mol. The molecule has 1 unspecified atom stereocenters. The first kappa shape index (κ1) is 14.4. The lowest BCUT2D eigenvalue weighted by molar-refractivity contribution is -0.139. The maximum Gasteiger partial charge on any atom is 0.226 e. The van der Waals surface area contributed by atoms with Crippen LogP contribution in [-0.2, 0) is 4.79 Å². The van der Waals surface area contributed by atoms with Gasteiger partial charge in [0.05, 0.1) is 0 Å². The summed E-state index contributed by atoms with van der Waals surface area (Å²) in [4.78, 5) is 15.3. The third-order valence-corrected chi connectivity index (χ3v) is 5.74. The molecule has 3 rings (SSSR count). The molecule has 0 spiro atoms. The highest BCUT2D eigenvalue weighted by atomic mass is 16.2. The average molecular weight is 278 g/mol. The third kappa shape index (κ3) is 3.03. The summed E-state index contributed by atoms with van der Waals surface area (Å²) in [6, 6.07) is 0.578. The maximum absolute atomic E-state index is 13.0. The van der Waals surface area contributed by atoms with E-state index in [4.69, 9.17) is 0 Å². The lowest BCUT2D eigenvalue weighted by Crippen LogP contribution is -2.45. The van der Waals surface area contributed by atoms with Gasteiger partial charge in [0.2, 0.25) is 5.91 Å². The van der Waals surface area contributed by atoms with E-state index in [2.05, 4.69) is 24.1 Å². The van der Waals surface area contributed by atoms with E-state index in [0.29, 0.717) is 11.9 Å². The minimum Gasteiger partial charge on any atom is -0.339 e. The molecule has 0 radical (unpaired) electrons. The van der Waals surface area contributed by atoms with Gasteiger partial charge in [0.1, 0.15) is 0 Å². The monoisotopic (exact) mass is 278 g/mol. The lowest BCUT2D eigenvalue weighted by atomic mass is 9.81. The molecule has 0 bridgehead atoms. The van der Waals surface area contributed by atoms with Gasteiger partial charge >= 0.3 is 0 Å². The van der Waals surface area contributed by atoms with E-state index in [9.17, 15) is 4.79 Å². The fourth-order valence-electron chi connectivity index (χ4n) is 4.13. The zero-order valence-electron chi connectivity index (χ0n) is 13.2. The molecule has 0 aromatic heterocycles. The van der Waals surface area contributed by atoms with Crippen LogP contribution in [0.1, 0.15) is 58.8 Å². The number of carbonyl (C=O) groups excluding carboxylic acids is 1. The zero-order chi connectivity index (χ0) is 14.2. The Hall–Kier alpha value is -0.570. The summed E-state index contributed by atoms with van der Waals surface area (Å²) in [6.07, 6.45) is 8.52. The molecule has 1 atom stereocenters. The van der Waals surface area contributed by atoms with E-state index in [1.54, 1.807) is 0 Å². The highest BCUT2D eigenvalue weighted by molar-refractivity contribution is 5.80. The predicted molar refractivity (Wildman–Crippen MR) is 81.5 cm³/mol. The molecule has 1 aliphatic heterocycles. The van der Waals surface area contributed by atoms with Crippen molar-refractivity contribution >= 4 is 5.91 Å². The number of nitrogens with one attached hydrogen (secondary N) is 1. The van der Waals surface area contributed by atoms with Gasteiger partial charge in [-0.25, -0.2) is 0 Å². The van der Waals surface area contributed by atoms with Crippen molar-refractivity contribution in [1.29, 1.82) is 0 Å². The first-order chi connectivity index (χ1) is 9.58. The van der Waals surface area contributed by atoms with Crippen LogP contribution in [0.25, 0.3) is 0 Å². The summed E-state index contributed by atoms with van der Waals surface area (Å²) in [7, 11) is 0. The van der Waals surface area contributed by atoms with E-state index < -0.39 is 0 Å². The molecule has 20 heavy (non-hydrogen) atoms. The summed E-state index contributed by atoms with van der Waals surface area (Å²) in [6.45, 7) is 7.87. The predicted octanol–water partition coefficient (Wildman–Crippen LogP) is 2.80. The number of amides is 1. The number of carbonyl (C=O) groups is 1. The van der Waals surface area contributed by atoms with Gasteiger partial charge in [-0.3, -0.25) is 4.79 Å². The van der Waals surface area contributed by atoms with Crippen LogP contribution in [0.15, 0.2) is 0 Å². The van der Waals surface area contributed by atoms with Crippen LogP contribution in [0.2, 0.25) is 0 Å². The number of hydrogen-bond donors (Lipinski definition) is 1. The van der Waals surface area contributed by atoms with Gasteiger partial charge in [-0.15, -0.1) is 0 Å². The highest BCUT2D eigenvalue weighted by Gasteiger charge is 2.44. The molecule has 1 N–H and O–H groups in total. The maximum atomic E-state index is 13.0. The van der Waals surface area contributed by atoms with Crippen molar-refractivity contribution in [2.24, 2.45) is 17.3 Å². The molecule has 1 amide bonds. The van der Waals surface area contributed by atoms with Gasteiger partial charge in [-0.05, 0) is 62.9 Å². The normalized spacial score (nSPS) is 30.4. The summed E-state index contributed by atoms with van der Waals surface area (Å²) in [5.41, 5.74) is 0.221. The lowest BCUT2D eigenvalue weighted by Gasteiger charge is -2.35. The van der Waals surface area contributed by atoms with Gasteiger partial charge in [0, 0.05) is 18.5 Å². The van der Waals surface area contributed by atoms with Gasteiger partial charge < -0.3 is 10.2 Å². The molecule has 3 nitrogen and oxygen atoms in total. The van der Waals surface area contributed by atoms with Gasteiger partial charge in [0.25, 0.3) is 0 Å². The second kappa shape index (κ2) is 5.67. The van der Waals surface area contributed by atoms with Crippen molar-refractivity contribution in [3.63, 3.8) is 0 Å². The fourth-order valence-corrected chi connectivity index (χ4v) is 4.13. The summed E-state index contributed by atoms with van der Waals surface area (Å²) < 4.78 is 0. The quantitative estimate of drug-likeness (QED) is 0.857. The molecule has 0 aromatic rings. The minimum absolute atomic E-state index is 0.221. The summed E-state index contributed by atoms with van der Waals surface area (Å²) in [5, 5.41) is 3.43.